The first-order valence-electron chi connectivity index (χ1n) is 6.98. The van der Waals surface area contributed by atoms with Crippen molar-refractivity contribution < 1.29 is 0 Å². The lowest BCUT2D eigenvalue weighted by atomic mass is 9.98. The zero-order valence-electron chi connectivity index (χ0n) is 12.5. The van der Waals surface area contributed by atoms with Crippen LogP contribution in [0, 0.1) is 6.92 Å². The minimum absolute atomic E-state index is 0.226. The largest absolute Gasteiger partial charge is 0.313 e. The lowest BCUT2D eigenvalue weighted by molar-refractivity contribution is 0.514. The Morgan fingerprint density at radius 3 is 2.65 bits per heavy atom. The summed E-state index contributed by atoms with van der Waals surface area (Å²) >= 11 is 6.12. The van der Waals surface area contributed by atoms with Gasteiger partial charge in [0.2, 0.25) is 0 Å². The molecule has 0 spiro atoms. The van der Waals surface area contributed by atoms with Crippen molar-refractivity contribution in [2.45, 2.75) is 39.3 Å². The Hall–Kier alpha value is -1.32. The highest BCUT2D eigenvalue weighted by Gasteiger charge is 2.15. The molecule has 2 aromatic rings. The Labute approximate surface area is 126 Å². The van der Waals surface area contributed by atoms with Crippen molar-refractivity contribution in [3.63, 3.8) is 0 Å². The number of likely N-dealkylation sites (N-methyl/N-ethyl adjacent to an activating group) is 1. The van der Waals surface area contributed by atoms with E-state index in [-0.39, 0.29) is 6.04 Å². The van der Waals surface area contributed by atoms with Crippen LogP contribution in [0.3, 0.4) is 0 Å². The van der Waals surface area contributed by atoms with Crippen molar-refractivity contribution in [2.75, 3.05) is 7.05 Å². The lowest BCUT2D eigenvalue weighted by Crippen LogP contribution is -2.20. The predicted octanol–water partition coefficient (Wildman–Crippen LogP) is 3.93. The van der Waals surface area contributed by atoms with Crippen LogP contribution in [0.5, 0.6) is 0 Å². The summed E-state index contributed by atoms with van der Waals surface area (Å²) in [5.41, 5.74) is 3.58. The molecule has 3 nitrogen and oxygen atoms in total. The number of halogens is 1. The zero-order valence-corrected chi connectivity index (χ0v) is 13.3. The van der Waals surface area contributed by atoms with Crippen LogP contribution < -0.4 is 5.32 Å². The second-order valence-electron chi connectivity index (χ2n) is 5.43. The van der Waals surface area contributed by atoms with Gasteiger partial charge in [-0.15, -0.1) is 0 Å². The molecular formula is C16H22ClN3. The van der Waals surface area contributed by atoms with Gasteiger partial charge in [-0.1, -0.05) is 17.7 Å². The average Bonchev–Trinajstić information content (AvgIpc) is 2.88. The minimum atomic E-state index is 0.226. The summed E-state index contributed by atoms with van der Waals surface area (Å²) in [6, 6.07) is 8.74. The molecular weight excluding hydrogens is 270 g/mol. The highest BCUT2D eigenvalue weighted by Crippen LogP contribution is 2.24. The molecule has 0 amide bonds. The Morgan fingerprint density at radius 2 is 2.05 bits per heavy atom. The zero-order chi connectivity index (χ0) is 14.7. The molecule has 1 aromatic carbocycles. The van der Waals surface area contributed by atoms with E-state index in [1.807, 2.05) is 30.1 Å². The van der Waals surface area contributed by atoms with Crippen LogP contribution in [0.15, 0.2) is 30.5 Å². The van der Waals surface area contributed by atoms with Crippen molar-refractivity contribution in [1.29, 1.82) is 0 Å². The third-order valence-corrected chi connectivity index (χ3v) is 3.81. The number of benzene rings is 1. The Balaban J connectivity index is 2.21. The van der Waals surface area contributed by atoms with E-state index in [0.717, 1.165) is 17.1 Å². The van der Waals surface area contributed by atoms with E-state index in [0.29, 0.717) is 6.04 Å². The average molecular weight is 292 g/mol. The fraction of sp³-hybridized carbons (Fsp3) is 0.438. The third-order valence-electron chi connectivity index (χ3n) is 3.57. The number of hydrogen-bond acceptors (Lipinski definition) is 2. The fourth-order valence-electron chi connectivity index (χ4n) is 2.34. The lowest BCUT2D eigenvalue weighted by Gasteiger charge is -2.18. The van der Waals surface area contributed by atoms with Gasteiger partial charge in [0.05, 0.1) is 5.69 Å². The molecule has 108 valence electrons. The number of nitrogens with zero attached hydrogens (tertiary/aromatic N) is 2. The van der Waals surface area contributed by atoms with Crippen LogP contribution in [-0.4, -0.2) is 16.8 Å². The molecule has 1 heterocycles. The summed E-state index contributed by atoms with van der Waals surface area (Å²) in [6.07, 6.45) is 2.90. The van der Waals surface area contributed by atoms with Crippen molar-refractivity contribution in [1.82, 2.24) is 15.1 Å². The number of aromatic nitrogens is 2. The van der Waals surface area contributed by atoms with Gasteiger partial charge >= 0.3 is 0 Å². The molecule has 1 N–H and O–H groups in total. The van der Waals surface area contributed by atoms with Gasteiger partial charge in [-0.25, -0.2) is 0 Å². The number of aryl methyl sites for hydroxylation is 1. The maximum absolute atomic E-state index is 6.12. The van der Waals surface area contributed by atoms with Crippen LogP contribution in [0.1, 0.15) is 42.8 Å². The molecule has 2 rings (SSSR count). The maximum atomic E-state index is 6.12. The van der Waals surface area contributed by atoms with Gasteiger partial charge in [-0.2, -0.15) is 5.10 Å². The van der Waals surface area contributed by atoms with Gasteiger partial charge in [-0.3, -0.25) is 4.68 Å². The van der Waals surface area contributed by atoms with Crippen LogP contribution in [0.25, 0.3) is 0 Å². The minimum Gasteiger partial charge on any atom is -0.313 e. The van der Waals surface area contributed by atoms with Gasteiger partial charge in [-0.05, 0) is 57.1 Å². The summed E-state index contributed by atoms with van der Waals surface area (Å²) in [7, 11) is 1.98. The topological polar surface area (TPSA) is 29.9 Å². The quantitative estimate of drug-likeness (QED) is 0.904. The Morgan fingerprint density at radius 1 is 1.30 bits per heavy atom. The summed E-state index contributed by atoms with van der Waals surface area (Å²) in [5, 5.41) is 8.76. The molecule has 0 bridgehead atoms. The Bertz CT molecular complexity index is 575. The van der Waals surface area contributed by atoms with Crippen LogP contribution in [0.4, 0.5) is 0 Å². The van der Waals surface area contributed by atoms with E-state index in [4.69, 9.17) is 11.6 Å². The Kier molecular flexibility index (Phi) is 4.84. The van der Waals surface area contributed by atoms with E-state index in [1.54, 1.807) is 0 Å². The van der Waals surface area contributed by atoms with Gasteiger partial charge < -0.3 is 5.32 Å². The molecule has 4 heteroatoms. The monoisotopic (exact) mass is 291 g/mol. The second-order valence-corrected chi connectivity index (χ2v) is 5.86. The summed E-state index contributed by atoms with van der Waals surface area (Å²) in [4.78, 5) is 0. The van der Waals surface area contributed by atoms with Crippen LogP contribution in [0.2, 0.25) is 5.02 Å². The first-order valence-corrected chi connectivity index (χ1v) is 7.36. The van der Waals surface area contributed by atoms with Crippen LogP contribution >= 0.6 is 11.6 Å². The van der Waals surface area contributed by atoms with Crippen molar-refractivity contribution in [3.8, 4) is 0 Å². The molecule has 0 saturated heterocycles. The molecule has 0 aliphatic carbocycles. The second kappa shape index (κ2) is 6.42. The summed E-state index contributed by atoms with van der Waals surface area (Å²) in [5.74, 6) is 0. The van der Waals surface area contributed by atoms with Gasteiger partial charge in [0, 0.05) is 29.7 Å². The van der Waals surface area contributed by atoms with Crippen molar-refractivity contribution in [3.05, 3.63) is 52.3 Å². The number of hydrogen-bond donors (Lipinski definition) is 1. The SMILES string of the molecule is CNC(Cc1ccn(C(C)C)n1)c1cc(Cl)ccc1C. The normalized spacial score (nSPS) is 12.9. The van der Waals surface area contributed by atoms with E-state index < -0.39 is 0 Å². The molecule has 1 atom stereocenters. The van der Waals surface area contributed by atoms with Crippen molar-refractivity contribution in [2.24, 2.45) is 0 Å². The highest BCUT2D eigenvalue weighted by molar-refractivity contribution is 6.30. The van der Waals surface area contributed by atoms with Gasteiger partial charge in [0.15, 0.2) is 0 Å². The molecule has 0 radical (unpaired) electrons. The van der Waals surface area contributed by atoms with E-state index in [1.165, 1.54) is 11.1 Å². The van der Waals surface area contributed by atoms with E-state index in [9.17, 15) is 0 Å². The van der Waals surface area contributed by atoms with Gasteiger partial charge in [0.1, 0.15) is 0 Å². The number of rotatable bonds is 5. The maximum Gasteiger partial charge on any atom is 0.0643 e. The summed E-state index contributed by atoms with van der Waals surface area (Å²) < 4.78 is 1.99. The van der Waals surface area contributed by atoms with Crippen LogP contribution in [-0.2, 0) is 6.42 Å². The first-order chi connectivity index (χ1) is 9.51. The third kappa shape index (κ3) is 3.41. The molecule has 0 aliphatic rings. The standard InChI is InChI=1S/C16H22ClN3/c1-11(2)20-8-7-14(19-20)10-16(18-4)15-9-13(17)6-5-12(15)3/h5-9,11,16,18H,10H2,1-4H3. The van der Waals surface area contributed by atoms with Crippen molar-refractivity contribution >= 4 is 11.6 Å². The van der Waals surface area contributed by atoms with E-state index in [2.05, 4.69) is 43.3 Å². The number of nitrogens with one attached hydrogen (secondary N) is 1. The molecule has 0 fully saturated rings. The molecule has 20 heavy (non-hydrogen) atoms. The fourth-order valence-corrected chi connectivity index (χ4v) is 2.52. The predicted molar refractivity (Wildman–Crippen MR) is 84.3 cm³/mol. The molecule has 0 saturated carbocycles. The highest BCUT2D eigenvalue weighted by atomic mass is 35.5. The smallest absolute Gasteiger partial charge is 0.0643 e. The van der Waals surface area contributed by atoms with E-state index >= 15 is 0 Å². The van der Waals surface area contributed by atoms with Gasteiger partial charge in [0.25, 0.3) is 0 Å². The molecule has 1 aromatic heterocycles. The first kappa shape index (κ1) is 15.1. The molecule has 1 unspecified atom stereocenters. The summed E-state index contributed by atoms with van der Waals surface area (Å²) in [6.45, 7) is 6.38. The molecule has 0 aliphatic heterocycles.